The summed E-state index contributed by atoms with van der Waals surface area (Å²) in [4.78, 5) is 25.9. The molecule has 0 atom stereocenters. The summed E-state index contributed by atoms with van der Waals surface area (Å²) < 4.78 is 0.872. The lowest BCUT2D eigenvalue weighted by Gasteiger charge is -2.19. The molecule has 2 aromatic carbocycles. The first-order chi connectivity index (χ1) is 11.4. The zero-order chi connectivity index (χ0) is 17.3. The molecular formula is C18H18BrN3O2. The van der Waals surface area contributed by atoms with Gasteiger partial charge in [-0.05, 0) is 43.2 Å². The van der Waals surface area contributed by atoms with Crippen molar-refractivity contribution in [1.82, 2.24) is 0 Å². The van der Waals surface area contributed by atoms with Crippen LogP contribution < -0.4 is 15.5 Å². The second kappa shape index (κ2) is 6.65. The Bertz CT molecular complexity index is 803. The van der Waals surface area contributed by atoms with E-state index >= 15 is 0 Å². The average Bonchev–Trinajstić information content (AvgIpc) is 2.93. The lowest BCUT2D eigenvalue weighted by atomic mass is 10.1. The van der Waals surface area contributed by atoms with Crippen LogP contribution in [-0.4, -0.2) is 18.5 Å². The predicted octanol–water partition coefficient (Wildman–Crippen LogP) is 4.31. The highest BCUT2D eigenvalue weighted by atomic mass is 79.9. The van der Waals surface area contributed by atoms with Gasteiger partial charge in [-0.1, -0.05) is 33.6 Å². The van der Waals surface area contributed by atoms with Gasteiger partial charge in [-0.25, -0.2) is 4.79 Å². The number of carbonyl (C=O) groups excluding carboxylic acids is 2. The fourth-order valence-corrected chi connectivity index (χ4v) is 3.35. The van der Waals surface area contributed by atoms with E-state index in [1.165, 1.54) is 6.92 Å². The maximum atomic E-state index is 12.3. The van der Waals surface area contributed by atoms with Crippen molar-refractivity contribution in [3.63, 3.8) is 0 Å². The van der Waals surface area contributed by atoms with Crippen LogP contribution in [0, 0.1) is 6.92 Å². The van der Waals surface area contributed by atoms with Crippen LogP contribution >= 0.6 is 15.9 Å². The van der Waals surface area contributed by atoms with Crippen molar-refractivity contribution in [1.29, 1.82) is 0 Å². The van der Waals surface area contributed by atoms with E-state index in [2.05, 4.69) is 26.6 Å². The number of fused-ring (bicyclic) bond motifs is 1. The summed E-state index contributed by atoms with van der Waals surface area (Å²) in [5.41, 5.74) is 4.29. The number of benzene rings is 2. The molecule has 24 heavy (non-hydrogen) atoms. The van der Waals surface area contributed by atoms with Crippen LogP contribution in [-0.2, 0) is 11.2 Å². The van der Waals surface area contributed by atoms with E-state index in [1.807, 2.05) is 43.3 Å². The number of nitrogens with zero attached hydrogens (tertiary/aromatic N) is 1. The van der Waals surface area contributed by atoms with Crippen LogP contribution in [0.3, 0.4) is 0 Å². The number of rotatable bonds is 2. The summed E-state index contributed by atoms with van der Waals surface area (Å²) in [5.74, 6) is -0.0296. The number of urea groups is 1. The lowest BCUT2D eigenvalue weighted by Crippen LogP contribution is -2.28. The van der Waals surface area contributed by atoms with E-state index in [4.69, 9.17) is 0 Å². The Balaban J connectivity index is 1.83. The number of anilines is 3. The van der Waals surface area contributed by atoms with E-state index in [-0.39, 0.29) is 11.9 Å². The van der Waals surface area contributed by atoms with Gasteiger partial charge in [-0.15, -0.1) is 0 Å². The number of halogens is 1. The van der Waals surface area contributed by atoms with Gasteiger partial charge >= 0.3 is 6.03 Å². The number of aryl methyl sites for hydroxylation is 1. The largest absolute Gasteiger partial charge is 0.323 e. The van der Waals surface area contributed by atoms with Gasteiger partial charge in [-0.2, -0.15) is 0 Å². The number of nitrogens with one attached hydrogen (secondary N) is 2. The highest BCUT2D eigenvalue weighted by Crippen LogP contribution is 2.38. The molecule has 1 aliphatic heterocycles. The molecular weight excluding hydrogens is 370 g/mol. The van der Waals surface area contributed by atoms with E-state index in [0.717, 1.165) is 27.7 Å². The Kier molecular flexibility index (Phi) is 4.57. The highest BCUT2D eigenvalue weighted by Gasteiger charge is 2.26. The molecule has 1 aliphatic rings. The summed E-state index contributed by atoms with van der Waals surface area (Å²) in [7, 11) is 0. The van der Waals surface area contributed by atoms with Gasteiger partial charge in [0.25, 0.3) is 0 Å². The molecule has 0 radical (unpaired) electrons. The molecule has 0 bridgehead atoms. The van der Waals surface area contributed by atoms with Crippen LogP contribution in [0.2, 0.25) is 0 Å². The van der Waals surface area contributed by atoms with Gasteiger partial charge in [-0.3, -0.25) is 4.79 Å². The number of hydrogen-bond acceptors (Lipinski definition) is 2. The smallest absolute Gasteiger partial charge is 0.310 e. The average molecular weight is 388 g/mol. The van der Waals surface area contributed by atoms with Gasteiger partial charge in [0, 0.05) is 23.6 Å². The van der Waals surface area contributed by atoms with Crippen LogP contribution in [0.25, 0.3) is 0 Å². The molecule has 2 N–H and O–H groups in total. The fraction of sp³-hybridized carbons (Fsp3) is 0.222. The van der Waals surface area contributed by atoms with Gasteiger partial charge in [0.1, 0.15) is 0 Å². The normalized spacial score (nSPS) is 12.7. The molecule has 3 amide bonds. The number of amides is 3. The molecule has 5 nitrogen and oxygen atoms in total. The summed E-state index contributed by atoms with van der Waals surface area (Å²) in [6.07, 6.45) is 0.780. The van der Waals surface area contributed by atoms with Gasteiger partial charge < -0.3 is 15.5 Å². The van der Waals surface area contributed by atoms with Crippen LogP contribution in [0.5, 0.6) is 0 Å². The van der Waals surface area contributed by atoms with Crippen LogP contribution in [0.4, 0.5) is 21.9 Å². The third-order valence-corrected chi connectivity index (χ3v) is 4.42. The molecule has 0 aromatic heterocycles. The van der Waals surface area contributed by atoms with Gasteiger partial charge in [0.2, 0.25) is 5.91 Å². The first kappa shape index (κ1) is 16.5. The van der Waals surface area contributed by atoms with Gasteiger partial charge in [0.15, 0.2) is 0 Å². The van der Waals surface area contributed by atoms with E-state index in [1.54, 1.807) is 4.90 Å². The molecule has 124 valence electrons. The summed E-state index contributed by atoms with van der Waals surface area (Å²) in [6.45, 7) is 4.16. The quantitative estimate of drug-likeness (QED) is 0.806. The topological polar surface area (TPSA) is 61.4 Å². The maximum Gasteiger partial charge on any atom is 0.323 e. The minimum atomic E-state index is -0.338. The summed E-state index contributed by atoms with van der Waals surface area (Å²) in [5, 5.41) is 5.66. The van der Waals surface area contributed by atoms with E-state index < -0.39 is 0 Å². The van der Waals surface area contributed by atoms with Crippen LogP contribution in [0.1, 0.15) is 18.1 Å². The van der Waals surface area contributed by atoms with Crippen molar-refractivity contribution in [2.45, 2.75) is 20.3 Å². The standard InChI is InChI=1S/C18H18BrN3O2/c1-11-3-5-15(6-4-11)20-18(24)21-16-10-14(19)9-13-7-8-22(12(2)23)17(13)16/h3-6,9-10H,7-8H2,1-2H3,(H2,20,21,24). The Labute approximate surface area is 149 Å². The zero-order valence-corrected chi connectivity index (χ0v) is 15.1. The second-order valence-corrected chi connectivity index (χ2v) is 6.74. The Morgan fingerprint density at radius 1 is 1.12 bits per heavy atom. The number of carbonyl (C=O) groups is 2. The molecule has 0 fully saturated rings. The Morgan fingerprint density at radius 2 is 1.83 bits per heavy atom. The molecule has 0 aliphatic carbocycles. The highest BCUT2D eigenvalue weighted by molar-refractivity contribution is 9.10. The molecule has 1 heterocycles. The van der Waals surface area contributed by atoms with Crippen molar-refractivity contribution in [3.05, 3.63) is 52.0 Å². The van der Waals surface area contributed by atoms with E-state index in [0.29, 0.717) is 17.9 Å². The summed E-state index contributed by atoms with van der Waals surface area (Å²) >= 11 is 3.46. The minimum Gasteiger partial charge on any atom is -0.310 e. The van der Waals surface area contributed by atoms with Crippen LogP contribution in [0.15, 0.2) is 40.9 Å². The maximum absolute atomic E-state index is 12.3. The predicted molar refractivity (Wildman–Crippen MR) is 99.7 cm³/mol. The van der Waals surface area contributed by atoms with E-state index in [9.17, 15) is 9.59 Å². The molecule has 0 saturated carbocycles. The first-order valence-electron chi connectivity index (χ1n) is 7.69. The number of hydrogen-bond donors (Lipinski definition) is 2. The Hall–Kier alpha value is -2.34. The minimum absolute atomic E-state index is 0.0296. The molecule has 3 rings (SSSR count). The monoisotopic (exact) mass is 387 g/mol. The van der Waals surface area contributed by atoms with Crippen molar-refractivity contribution in [3.8, 4) is 0 Å². The molecule has 0 spiro atoms. The van der Waals surface area contributed by atoms with Gasteiger partial charge in [0.05, 0.1) is 11.4 Å². The molecule has 0 saturated heterocycles. The third kappa shape index (κ3) is 3.43. The third-order valence-electron chi connectivity index (χ3n) is 3.97. The van der Waals surface area contributed by atoms with Crippen molar-refractivity contribution in [2.24, 2.45) is 0 Å². The lowest BCUT2D eigenvalue weighted by molar-refractivity contribution is -0.116. The summed E-state index contributed by atoms with van der Waals surface area (Å²) in [6, 6.07) is 11.0. The Morgan fingerprint density at radius 3 is 2.50 bits per heavy atom. The molecule has 2 aromatic rings. The molecule has 6 heteroatoms. The zero-order valence-electron chi connectivity index (χ0n) is 13.5. The second-order valence-electron chi connectivity index (χ2n) is 5.83. The van der Waals surface area contributed by atoms with Crippen molar-refractivity contribution >= 4 is 44.9 Å². The molecule has 0 unspecified atom stereocenters. The van der Waals surface area contributed by atoms with Crippen molar-refractivity contribution < 1.29 is 9.59 Å². The fourth-order valence-electron chi connectivity index (χ4n) is 2.84. The van der Waals surface area contributed by atoms with Crippen molar-refractivity contribution in [2.75, 3.05) is 22.1 Å². The SMILES string of the molecule is CC(=O)N1CCc2cc(Br)cc(NC(=O)Nc3ccc(C)cc3)c21. The first-order valence-corrected chi connectivity index (χ1v) is 8.48.